The maximum atomic E-state index is 14.0. The molecule has 0 bridgehead atoms. The van der Waals surface area contributed by atoms with E-state index in [9.17, 15) is 44.7 Å². The van der Waals surface area contributed by atoms with Gasteiger partial charge in [0.25, 0.3) is 0 Å². The molecule has 25 heteroatoms. The Morgan fingerprint density at radius 3 is 0.782 bits per heavy atom. The van der Waals surface area contributed by atoms with Crippen LogP contribution < -0.4 is 0 Å². The van der Waals surface area contributed by atoms with Gasteiger partial charge in [0, 0.05) is 9.82 Å². The number of halogens is 8. The van der Waals surface area contributed by atoms with E-state index in [1.54, 1.807) is 0 Å². The van der Waals surface area contributed by atoms with Gasteiger partial charge in [0.1, 0.15) is 35.7 Å². The van der Waals surface area contributed by atoms with Gasteiger partial charge in [-0.3, -0.25) is 0 Å². The second-order valence-corrected chi connectivity index (χ2v) is 9.90. The summed E-state index contributed by atoms with van der Waals surface area (Å²) in [4.78, 5) is 27.8. The highest BCUT2D eigenvalue weighted by molar-refractivity contribution is 5.91. The molecule has 0 aromatic heterocycles. The standard InChI is InChI=1S/C30H32F8N6O11/c31-19-17(20(32)24(36)27(23(19)35)41-43-39)29(45)54-15-13-52-11-9-50-7-5-48-3-1-47-2-4-49-6-8-51-10-12-53-14-16-55-30(46)18-21(33)25(37)28(42-44-40)26(38)22(18)34/h1-16H2. The number of hydrogen-bond donors (Lipinski definition) is 0. The average Bonchev–Trinajstić information content (AvgIpc) is 3.16. The van der Waals surface area contributed by atoms with Gasteiger partial charge in [-0.2, -0.15) is 0 Å². The lowest BCUT2D eigenvalue weighted by Gasteiger charge is -2.10. The fraction of sp³-hybridized carbons (Fsp3) is 0.533. The van der Waals surface area contributed by atoms with Gasteiger partial charge < -0.3 is 42.6 Å². The van der Waals surface area contributed by atoms with Crippen LogP contribution in [-0.4, -0.2) is 118 Å². The van der Waals surface area contributed by atoms with Gasteiger partial charge in [0.15, 0.2) is 46.5 Å². The first-order chi connectivity index (χ1) is 26.5. The molecule has 0 aliphatic carbocycles. The van der Waals surface area contributed by atoms with Gasteiger partial charge in [-0.15, -0.1) is 0 Å². The van der Waals surface area contributed by atoms with Gasteiger partial charge in [-0.05, 0) is 11.1 Å². The van der Waals surface area contributed by atoms with Gasteiger partial charge in [0.2, 0.25) is 0 Å². The third kappa shape index (κ3) is 15.1. The third-order valence-corrected chi connectivity index (χ3v) is 6.33. The van der Waals surface area contributed by atoms with E-state index < -0.39 is 94.2 Å². The molecule has 0 unspecified atom stereocenters. The highest BCUT2D eigenvalue weighted by atomic mass is 19.2. The van der Waals surface area contributed by atoms with E-state index in [0.717, 1.165) is 0 Å². The van der Waals surface area contributed by atoms with E-state index in [4.69, 9.17) is 44.2 Å². The summed E-state index contributed by atoms with van der Waals surface area (Å²) in [7, 11) is 0. The van der Waals surface area contributed by atoms with Crippen LogP contribution in [0.4, 0.5) is 46.5 Å². The molecule has 0 saturated carbocycles. The maximum Gasteiger partial charge on any atom is 0.344 e. The van der Waals surface area contributed by atoms with Crippen LogP contribution in [0.1, 0.15) is 20.7 Å². The van der Waals surface area contributed by atoms with Crippen LogP contribution in [0.15, 0.2) is 10.2 Å². The maximum absolute atomic E-state index is 14.0. The molecule has 2 rings (SSSR count). The number of ether oxygens (including phenoxy) is 9. The molecule has 304 valence electrons. The van der Waals surface area contributed by atoms with Gasteiger partial charge in [-0.1, -0.05) is 10.2 Å². The van der Waals surface area contributed by atoms with Gasteiger partial charge in [0.05, 0.1) is 92.5 Å². The quantitative estimate of drug-likeness (QED) is 0.0190. The van der Waals surface area contributed by atoms with E-state index >= 15 is 0 Å². The molecule has 0 radical (unpaired) electrons. The molecule has 2 aromatic rings. The summed E-state index contributed by atoms with van der Waals surface area (Å²) in [5, 5.41) is 5.04. The van der Waals surface area contributed by atoms with Crippen molar-refractivity contribution in [1.82, 2.24) is 0 Å². The zero-order valence-corrected chi connectivity index (χ0v) is 28.5. The van der Waals surface area contributed by atoms with Crippen LogP contribution in [0.25, 0.3) is 20.9 Å². The molecule has 55 heavy (non-hydrogen) atoms. The predicted octanol–water partition coefficient (Wildman–Crippen LogP) is 5.81. The Hall–Kier alpha value is -4.84. The van der Waals surface area contributed by atoms with Crippen molar-refractivity contribution >= 4 is 23.3 Å². The number of esters is 2. The summed E-state index contributed by atoms with van der Waals surface area (Å²) >= 11 is 0. The lowest BCUT2D eigenvalue weighted by molar-refractivity contribution is -0.0237. The van der Waals surface area contributed by atoms with E-state index in [1.165, 1.54) is 0 Å². The summed E-state index contributed by atoms with van der Waals surface area (Å²) in [6.45, 7) is 0.911. The molecular weight excluding hydrogens is 772 g/mol. The second-order valence-electron chi connectivity index (χ2n) is 9.90. The molecule has 0 saturated heterocycles. The van der Waals surface area contributed by atoms with E-state index in [0.29, 0.717) is 0 Å². The minimum Gasteiger partial charge on any atom is -0.459 e. The SMILES string of the molecule is [N-]=[N+]=Nc1c(F)c(F)c(C(=O)OCCOCCOCCOCCOCCOCCOCCOCCOC(=O)c2c(F)c(F)c(N=[N+]=[N-])c(F)c2F)c(F)c1F. The van der Waals surface area contributed by atoms with E-state index in [1.807, 2.05) is 0 Å². The van der Waals surface area contributed by atoms with Crippen LogP contribution in [-0.2, 0) is 42.6 Å². The first kappa shape index (κ1) is 46.3. The number of carbonyl (C=O) groups is 2. The van der Waals surface area contributed by atoms with Crippen LogP contribution in [0.2, 0.25) is 0 Å². The second kappa shape index (κ2) is 26.0. The van der Waals surface area contributed by atoms with Crippen molar-refractivity contribution < 1.29 is 87.3 Å². The summed E-state index contributed by atoms with van der Waals surface area (Å²) in [5.74, 6) is -19.9. The summed E-state index contributed by atoms with van der Waals surface area (Å²) in [6, 6.07) is 0. The summed E-state index contributed by atoms with van der Waals surface area (Å²) < 4.78 is 157. The topological polar surface area (TPSA) is 215 Å². The fourth-order valence-electron chi connectivity index (χ4n) is 3.82. The van der Waals surface area contributed by atoms with Crippen molar-refractivity contribution in [3.05, 3.63) is 78.6 Å². The van der Waals surface area contributed by atoms with Crippen molar-refractivity contribution in [2.75, 3.05) is 106 Å². The van der Waals surface area contributed by atoms with Crippen molar-refractivity contribution in [3.8, 4) is 0 Å². The highest BCUT2D eigenvalue weighted by Gasteiger charge is 2.31. The average molecular weight is 805 g/mol. The molecular formula is C30H32F8N6O11. The minimum absolute atomic E-state index is 0.0511. The molecule has 0 amide bonds. The van der Waals surface area contributed by atoms with Crippen LogP contribution in [0.5, 0.6) is 0 Å². The number of benzene rings is 2. The number of nitrogens with zero attached hydrogens (tertiary/aromatic N) is 6. The Bertz CT molecular complexity index is 1510. The Morgan fingerprint density at radius 1 is 0.382 bits per heavy atom. The van der Waals surface area contributed by atoms with Crippen molar-refractivity contribution in [3.63, 3.8) is 0 Å². The fourth-order valence-corrected chi connectivity index (χ4v) is 3.82. The molecule has 0 fully saturated rings. The normalized spacial score (nSPS) is 10.9. The van der Waals surface area contributed by atoms with Crippen molar-refractivity contribution in [2.45, 2.75) is 0 Å². The Kier molecular flexibility index (Phi) is 21.9. The van der Waals surface area contributed by atoms with Crippen molar-refractivity contribution in [1.29, 1.82) is 0 Å². The Labute approximate surface area is 305 Å². The largest absolute Gasteiger partial charge is 0.459 e. The molecule has 2 aromatic carbocycles. The monoisotopic (exact) mass is 804 g/mol. The first-order valence-electron chi connectivity index (χ1n) is 15.7. The highest BCUT2D eigenvalue weighted by Crippen LogP contribution is 2.32. The van der Waals surface area contributed by atoms with E-state index in [-0.39, 0.29) is 92.5 Å². The molecule has 0 spiro atoms. The van der Waals surface area contributed by atoms with Crippen LogP contribution >= 0.6 is 0 Å². The molecule has 0 aliphatic rings. The zero-order chi connectivity index (χ0) is 40.6. The smallest absolute Gasteiger partial charge is 0.344 e. The molecule has 0 atom stereocenters. The molecule has 17 nitrogen and oxygen atoms in total. The third-order valence-electron chi connectivity index (χ3n) is 6.33. The summed E-state index contributed by atoms with van der Waals surface area (Å²) in [5.41, 5.74) is 10.1. The van der Waals surface area contributed by atoms with Crippen LogP contribution in [0.3, 0.4) is 0 Å². The lowest BCUT2D eigenvalue weighted by atomic mass is 10.1. The number of rotatable bonds is 28. The summed E-state index contributed by atoms with van der Waals surface area (Å²) in [6.07, 6.45) is 0. The zero-order valence-electron chi connectivity index (χ0n) is 28.5. The van der Waals surface area contributed by atoms with E-state index in [2.05, 4.69) is 29.5 Å². The molecule has 0 N–H and O–H groups in total. The number of carbonyl (C=O) groups excluding carboxylic acids is 2. The van der Waals surface area contributed by atoms with Crippen LogP contribution in [0, 0.1) is 46.5 Å². The molecule has 0 aliphatic heterocycles. The molecule has 0 heterocycles. The number of hydrogen-bond acceptors (Lipinski definition) is 13. The predicted molar refractivity (Wildman–Crippen MR) is 166 cm³/mol. The lowest BCUT2D eigenvalue weighted by Crippen LogP contribution is -2.17. The number of azide groups is 2. The van der Waals surface area contributed by atoms with Gasteiger partial charge >= 0.3 is 11.9 Å². The van der Waals surface area contributed by atoms with Gasteiger partial charge in [-0.25, -0.2) is 44.7 Å². The first-order valence-corrected chi connectivity index (χ1v) is 15.7. The minimum atomic E-state index is -2.07. The Balaban J connectivity index is 1.36. The van der Waals surface area contributed by atoms with Crippen molar-refractivity contribution in [2.24, 2.45) is 10.2 Å². The Morgan fingerprint density at radius 2 is 0.582 bits per heavy atom.